The van der Waals surface area contributed by atoms with Crippen LogP contribution < -0.4 is 16.0 Å². The Hall–Kier alpha value is -0.200. The van der Waals surface area contributed by atoms with Gasteiger partial charge >= 0.3 is 0 Å². The van der Waals surface area contributed by atoms with Crippen molar-refractivity contribution in [2.45, 2.75) is 24.7 Å². The Morgan fingerprint density at radius 3 is 1.62 bits per heavy atom. The molecule has 0 aliphatic heterocycles. The maximum absolute atomic E-state index is 10.1. The number of rotatable bonds is 6. The average molecular weight is 191 g/mol. The largest absolute Gasteiger partial charge is 0.392 e. The minimum absolute atomic E-state index is 0.362. The van der Waals surface area contributed by atoms with Crippen LogP contribution in [0, 0.1) is 0 Å². The van der Waals surface area contributed by atoms with Gasteiger partial charge in [0.25, 0.3) is 0 Å². The standard InChI is InChI=1S/C8H21N3O2/c1-5-7(9-2,10-3)8(13,6-12)11-4/h9-13H,5-6H2,1-4H3. The van der Waals surface area contributed by atoms with Crippen LogP contribution in [0.25, 0.3) is 0 Å². The second-order valence-corrected chi connectivity index (χ2v) is 3.03. The van der Waals surface area contributed by atoms with Gasteiger partial charge < -0.3 is 10.2 Å². The SMILES string of the molecule is CCC(NC)(NC)C(O)(CO)NC. The highest BCUT2D eigenvalue weighted by Crippen LogP contribution is 2.19. The van der Waals surface area contributed by atoms with Crippen molar-refractivity contribution in [1.82, 2.24) is 16.0 Å². The molecule has 0 aromatic heterocycles. The molecule has 80 valence electrons. The van der Waals surface area contributed by atoms with E-state index >= 15 is 0 Å². The van der Waals surface area contributed by atoms with Crippen LogP contribution >= 0.6 is 0 Å². The maximum Gasteiger partial charge on any atom is 0.170 e. The minimum atomic E-state index is -1.37. The number of aliphatic hydroxyl groups excluding tert-OH is 1. The first-order valence-electron chi connectivity index (χ1n) is 4.45. The molecule has 0 saturated heterocycles. The number of likely N-dealkylation sites (N-methyl/N-ethyl adjacent to an activating group) is 3. The summed E-state index contributed by atoms with van der Waals surface area (Å²) in [7, 11) is 5.07. The van der Waals surface area contributed by atoms with E-state index < -0.39 is 11.4 Å². The van der Waals surface area contributed by atoms with Gasteiger partial charge in [0.2, 0.25) is 0 Å². The third-order valence-corrected chi connectivity index (χ3v) is 2.73. The molecule has 0 aliphatic carbocycles. The summed E-state index contributed by atoms with van der Waals surface area (Å²) in [4.78, 5) is 0. The van der Waals surface area contributed by atoms with Gasteiger partial charge in [0.15, 0.2) is 5.72 Å². The summed E-state index contributed by atoms with van der Waals surface area (Å²) in [5.41, 5.74) is -2.10. The molecule has 1 unspecified atom stereocenters. The highest BCUT2D eigenvalue weighted by molar-refractivity contribution is 4.99. The van der Waals surface area contributed by atoms with E-state index in [1.54, 1.807) is 21.1 Å². The van der Waals surface area contributed by atoms with Crippen molar-refractivity contribution in [2.24, 2.45) is 0 Å². The van der Waals surface area contributed by atoms with Gasteiger partial charge in [0.1, 0.15) is 5.66 Å². The lowest BCUT2D eigenvalue weighted by Gasteiger charge is -2.45. The molecule has 13 heavy (non-hydrogen) atoms. The van der Waals surface area contributed by atoms with E-state index in [0.717, 1.165) is 0 Å². The Kier molecular flexibility index (Phi) is 4.80. The van der Waals surface area contributed by atoms with E-state index in [1.165, 1.54) is 0 Å². The fourth-order valence-electron chi connectivity index (χ4n) is 1.61. The normalized spacial score (nSPS) is 17.1. The summed E-state index contributed by atoms with van der Waals surface area (Å²) in [6.07, 6.45) is 0.637. The van der Waals surface area contributed by atoms with E-state index in [2.05, 4.69) is 16.0 Å². The van der Waals surface area contributed by atoms with Crippen LogP contribution in [-0.4, -0.2) is 49.4 Å². The van der Waals surface area contributed by atoms with Crippen molar-refractivity contribution < 1.29 is 10.2 Å². The van der Waals surface area contributed by atoms with Crippen molar-refractivity contribution in [3.05, 3.63) is 0 Å². The van der Waals surface area contributed by atoms with Crippen molar-refractivity contribution in [2.75, 3.05) is 27.7 Å². The van der Waals surface area contributed by atoms with Crippen LogP contribution in [0.2, 0.25) is 0 Å². The topological polar surface area (TPSA) is 76.5 Å². The lowest BCUT2D eigenvalue weighted by molar-refractivity contribution is -0.119. The third kappa shape index (κ3) is 2.00. The molecule has 1 atom stereocenters. The van der Waals surface area contributed by atoms with E-state index in [0.29, 0.717) is 6.42 Å². The summed E-state index contributed by atoms with van der Waals surface area (Å²) >= 11 is 0. The molecule has 0 rings (SSSR count). The zero-order valence-electron chi connectivity index (χ0n) is 8.81. The van der Waals surface area contributed by atoms with E-state index in [4.69, 9.17) is 5.11 Å². The summed E-state index contributed by atoms with van der Waals surface area (Å²) in [6.45, 7) is 1.56. The van der Waals surface area contributed by atoms with Crippen molar-refractivity contribution in [3.63, 3.8) is 0 Å². The number of nitrogens with one attached hydrogen (secondary N) is 3. The smallest absolute Gasteiger partial charge is 0.170 e. The summed E-state index contributed by atoms with van der Waals surface area (Å²) in [6, 6.07) is 0. The Balaban J connectivity index is 4.87. The van der Waals surface area contributed by atoms with Gasteiger partial charge in [0, 0.05) is 0 Å². The molecular formula is C8H21N3O2. The van der Waals surface area contributed by atoms with Gasteiger partial charge in [-0.1, -0.05) is 6.92 Å². The second-order valence-electron chi connectivity index (χ2n) is 3.03. The summed E-state index contributed by atoms with van der Waals surface area (Å²) in [5.74, 6) is 0. The number of hydrogen-bond donors (Lipinski definition) is 5. The highest BCUT2D eigenvalue weighted by atomic mass is 16.4. The predicted octanol–water partition coefficient (Wildman–Crippen LogP) is -1.57. The van der Waals surface area contributed by atoms with Gasteiger partial charge in [-0.15, -0.1) is 0 Å². The lowest BCUT2D eigenvalue weighted by Crippen LogP contribution is -2.75. The Labute approximate surface area is 79.5 Å². The fraction of sp³-hybridized carbons (Fsp3) is 1.00. The van der Waals surface area contributed by atoms with Crippen molar-refractivity contribution >= 4 is 0 Å². The van der Waals surface area contributed by atoms with Gasteiger partial charge in [0.05, 0.1) is 6.61 Å². The molecule has 0 aromatic rings. The molecule has 0 fully saturated rings. The van der Waals surface area contributed by atoms with E-state index in [9.17, 15) is 5.11 Å². The van der Waals surface area contributed by atoms with Gasteiger partial charge in [-0.2, -0.15) is 0 Å². The van der Waals surface area contributed by atoms with E-state index in [1.807, 2.05) is 6.92 Å². The summed E-state index contributed by atoms with van der Waals surface area (Å²) in [5, 5.41) is 27.8. The molecule has 0 amide bonds. The molecule has 5 heteroatoms. The van der Waals surface area contributed by atoms with Crippen LogP contribution in [0.1, 0.15) is 13.3 Å². The molecule has 0 saturated carbocycles. The first-order valence-corrected chi connectivity index (χ1v) is 4.45. The second kappa shape index (κ2) is 4.88. The highest BCUT2D eigenvalue weighted by Gasteiger charge is 2.46. The van der Waals surface area contributed by atoms with Crippen LogP contribution in [0.4, 0.5) is 0 Å². The van der Waals surface area contributed by atoms with Crippen LogP contribution in [0.5, 0.6) is 0 Å². The lowest BCUT2D eigenvalue weighted by atomic mass is 9.93. The molecule has 0 spiro atoms. The van der Waals surface area contributed by atoms with Gasteiger partial charge in [-0.3, -0.25) is 16.0 Å². The molecule has 0 aliphatic rings. The van der Waals surface area contributed by atoms with Gasteiger partial charge in [-0.05, 0) is 27.6 Å². The minimum Gasteiger partial charge on any atom is -0.392 e. The Morgan fingerprint density at radius 1 is 1.08 bits per heavy atom. The van der Waals surface area contributed by atoms with Gasteiger partial charge in [-0.25, -0.2) is 0 Å². The first kappa shape index (κ1) is 12.8. The number of aliphatic hydroxyl groups is 2. The molecular weight excluding hydrogens is 170 g/mol. The Morgan fingerprint density at radius 2 is 1.54 bits per heavy atom. The first-order chi connectivity index (χ1) is 6.05. The fourth-order valence-corrected chi connectivity index (χ4v) is 1.61. The van der Waals surface area contributed by atoms with Crippen LogP contribution in [0.3, 0.4) is 0 Å². The van der Waals surface area contributed by atoms with E-state index in [-0.39, 0.29) is 6.61 Å². The molecule has 5 N–H and O–H groups in total. The third-order valence-electron chi connectivity index (χ3n) is 2.73. The maximum atomic E-state index is 10.1. The molecule has 0 aromatic carbocycles. The zero-order chi connectivity index (χ0) is 10.5. The van der Waals surface area contributed by atoms with Crippen molar-refractivity contribution in [1.29, 1.82) is 0 Å². The molecule has 0 heterocycles. The Bertz CT molecular complexity index is 136. The average Bonchev–Trinajstić information content (AvgIpc) is 2.20. The van der Waals surface area contributed by atoms with Crippen LogP contribution in [0.15, 0.2) is 0 Å². The zero-order valence-corrected chi connectivity index (χ0v) is 8.81. The van der Waals surface area contributed by atoms with Crippen molar-refractivity contribution in [3.8, 4) is 0 Å². The quantitative estimate of drug-likeness (QED) is 0.328. The number of hydrogen-bond acceptors (Lipinski definition) is 5. The predicted molar refractivity (Wildman–Crippen MR) is 52.2 cm³/mol. The summed E-state index contributed by atoms with van der Waals surface area (Å²) < 4.78 is 0. The molecule has 0 bridgehead atoms. The van der Waals surface area contributed by atoms with Crippen LogP contribution in [-0.2, 0) is 0 Å². The monoisotopic (exact) mass is 191 g/mol. The molecule has 0 radical (unpaired) electrons. The molecule has 5 nitrogen and oxygen atoms in total.